The second kappa shape index (κ2) is 39.7. The summed E-state index contributed by atoms with van der Waals surface area (Å²) in [6.45, 7) is 2.58. The van der Waals surface area contributed by atoms with Gasteiger partial charge in [-0.1, -0.05) is 167 Å². The summed E-state index contributed by atoms with van der Waals surface area (Å²) < 4.78 is 33.6. The van der Waals surface area contributed by atoms with Gasteiger partial charge in [0, 0.05) is 12.8 Å². The van der Waals surface area contributed by atoms with Crippen molar-refractivity contribution in [2.75, 3.05) is 26.4 Å². The van der Waals surface area contributed by atoms with Gasteiger partial charge in [0.25, 0.3) is 0 Å². The Kier molecular flexibility index (Phi) is 36.2. The van der Waals surface area contributed by atoms with E-state index in [2.05, 4.69) is 38.2 Å². The molecule has 0 spiro atoms. The zero-order valence-corrected chi connectivity index (χ0v) is 41.4. The molecule has 0 aliphatic carbocycles. The monoisotopic (exact) mass is 959 g/mol. The molecule has 392 valence electrons. The molecule has 11 atom stereocenters. The third kappa shape index (κ3) is 27.8. The van der Waals surface area contributed by atoms with Gasteiger partial charge in [0.1, 0.15) is 55.4 Å². The van der Waals surface area contributed by atoms with Crippen molar-refractivity contribution < 1.29 is 73.8 Å². The second-order valence-electron chi connectivity index (χ2n) is 18.7. The van der Waals surface area contributed by atoms with Crippen molar-refractivity contribution in [3.05, 3.63) is 24.3 Å². The molecule has 0 amide bonds. The van der Waals surface area contributed by atoms with Gasteiger partial charge in [0.05, 0.1) is 19.8 Å². The minimum atomic E-state index is -1.76. The van der Waals surface area contributed by atoms with Gasteiger partial charge in [-0.25, -0.2) is 0 Å². The number of ether oxygens (including phenoxy) is 6. The Labute approximate surface area is 403 Å². The average Bonchev–Trinajstić information content (AvgIpc) is 3.32. The van der Waals surface area contributed by atoms with Crippen molar-refractivity contribution in [1.29, 1.82) is 0 Å². The number of aliphatic hydroxyl groups excluding tert-OH is 7. The SMILES string of the molecule is CCCCCC/C=C\C/C=C\CCCCCCCCCC(=O)OC(COC(=O)CCCCCCCCCCCCCCC)COC1OC(COC2OC(CO)C(O)C(O)C2O)C(O)C(O)C1O. The number of aliphatic hydroxyl groups is 7. The van der Waals surface area contributed by atoms with E-state index in [0.717, 1.165) is 64.2 Å². The topological polar surface area (TPSA) is 231 Å². The first-order valence-electron chi connectivity index (χ1n) is 26.4. The highest BCUT2D eigenvalue weighted by molar-refractivity contribution is 5.70. The van der Waals surface area contributed by atoms with E-state index in [0.29, 0.717) is 12.8 Å². The van der Waals surface area contributed by atoms with Crippen LogP contribution in [-0.2, 0) is 38.0 Å². The van der Waals surface area contributed by atoms with Crippen LogP contribution in [0.4, 0.5) is 0 Å². The Hall–Kier alpha value is -2.02. The molecule has 2 aliphatic heterocycles. The molecule has 0 radical (unpaired) electrons. The molecule has 2 fully saturated rings. The van der Waals surface area contributed by atoms with E-state index in [1.54, 1.807) is 0 Å². The number of hydrogen-bond acceptors (Lipinski definition) is 15. The first kappa shape index (κ1) is 61.1. The molecule has 0 aromatic carbocycles. The lowest BCUT2D eigenvalue weighted by atomic mass is 9.98. The van der Waals surface area contributed by atoms with E-state index in [1.807, 2.05) is 0 Å². The largest absolute Gasteiger partial charge is 0.462 e. The molecule has 0 saturated carbocycles. The molecule has 11 unspecified atom stereocenters. The Morgan fingerprint density at radius 2 is 0.896 bits per heavy atom. The van der Waals surface area contributed by atoms with E-state index >= 15 is 0 Å². The molecule has 2 aliphatic rings. The van der Waals surface area contributed by atoms with Crippen LogP contribution in [0.5, 0.6) is 0 Å². The van der Waals surface area contributed by atoms with Crippen molar-refractivity contribution in [2.24, 2.45) is 0 Å². The minimum Gasteiger partial charge on any atom is -0.462 e. The van der Waals surface area contributed by atoms with Crippen LogP contribution in [0.25, 0.3) is 0 Å². The zero-order chi connectivity index (χ0) is 48.9. The quantitative estimate of drug-likeness (QED) is 0.0178. The highest BCUT2D eigenvalue weighted by Crippen LogP contribution is 2.26. The number of allylic oxidation sites excluding steroid dienone is 4. The van der Waals surface area contributed by atoms with E-state index in [-0.39, 0.29) is 26.1 Å². The minimum absolute atomic E-state index is 0.159. The summed E-state index contributed by atoms with van der Waals surface area (Å²) in [7, 11) is 0. The Bertz CT molecular complexity index is 1270. The number of carbonyl (C=O) groups is 2. The lowest BCUT2D eigenvalue weighted by Gasteiger charge is -2.42. The fraction of sp³-hybridized carbons (Fsp3) is 0.885. The van der Waals surface area contributed by atoms with Gasteiger partial charge in [-0.3, -0.25) is 9.59 Å². The summed E-state index contributed by atoms with van der Waals surface area (Å²) in [6.07, 6.45) is 23.4. The van der Waals surface area contributed by atoms with Crippen LogP contribution in [0.2, 0.25) is 0 Å². The fourth-order valence-corrected chi connectivity index (χ4v) is 8.31. The Morgan fingerprint density at radius 3 is 1.40 bits per heavy atom. The van der Waals surface area contributed by atoms with Gasteiger partial charge in [-0.15, -0.1) is 0 Å². The molecule has 2 saturated heterocycles. The standard InChI is InChI=1S/C52H94O15/c1-3-5-7-9-11-13-15-17-18-19-20-21-23-25-27-29-31-33-35-44(55)65-40(37-62-43(54)34-32-30-28-26-24-22-16-14-12-10-8-6-4-2)38-63-51-50(61)48(59)46(57)42(67-51)39-64-52-49(60)47(58)45(56)41(36-53)66-52/h13,15,18-19,40-42,45-53,56-61H,3-12,14,16-17,20-39H2,1-2H3/b15-13-,19-18-. The van der Waals surface area contributed by atoms with Crippen molar-refractivity contribution in [1.82, 2.24) is 0 Å². The summed E-state index contributed by atoms with van der Waals surface area (Å²) in [5.41, 5.74) is 0. The summed E-state index contributed by atoms with van der Waals surface area (Å²) in [5, 5.41) is 72.1. The normalized spacial score (nSPS) is 26.1. The van der Waals surface area contributed by atoms with Crippen LogP contribution in [0, 0.1) is 0 Å². The van der Waals surface area contributed by atoms with Crippen LogP contribution in [0.3, 0.4) is 0 Å². The van der Waals surface area contributed by atoms with E-state index < -0.39 is 92.7 Å². The van der Waals surface area contributed by atoms with Crippen molar-refractivity contribution in [2.45, 2.75) is 268 Å². The molecular formula is C52H94O15. The number of hydrogen-bond donors (Lipinski definition) is 7. The lowest BCUT2D eigenvalue weighted by molar-refractivity contribution is -0.332. The van der Waals surface area contributed by atoms with Crippen molar-refractivity contribution >= 4 is 11.9 Å². The molecular weight excluding hydrogens is 865 g/mol. The molecule has 0 aromatic rings. The lowest BCUT2D eigenvalue weighted by Crippen LogP contribution is -2.61. The molecule has 2 rings (SSSR count). The second-order valence-corrected chi connectivity index (χ2v) is 18.7. The summed E-state index contributed by atoms with van der Waals surface area (Å²) in [5.74, 6) is -0.927. The first-order chi connectivity index (χ1) is 32.5. The van der Waals surface area contributed by atoms with E-state index in [4.69, 9.17) is 28.4 Å². The van der Waals surface area contributed by atoms with Crippen molar-refractivity contribution in [3.63, 3.8) is 0 Å². The summed E-state index contributed by atoms with van der Waals surface area (Å²) in [6, 6.07) is 0. The van der Waals surface area contributed by atoms with Gasteiger partial charge >= 0.3 is 11.9 Å². The van der Waals surface area contributed by atoms with Crippen LogP contribution in [0.15, 0.2) is 24.3 Å². The molecule has 7 N–H and O–H groups in total. The highest BCUT2D eigenvalue weighted by atomic mass is 16.7. The molecule has 0 aromatic heterocycles. The molecule has 0 bridgehead atoms. The smallest absolute Gasteiger partial charge is 0.306 e. The van der Waals surface area contributed by atoms with E-state index in [9.17, 15) is 45.3 Å². The predicted octanol–water partition coefficient (Wildman–Crippen LogP) is 7.55. The maximum atomic E-state index is 13.0. The van der Waals surface area contributed by atoms with Gasteiger partial charge < -0.3 is 64.2 Å². The number of unbranched alkanes of at least 4 members (excludes halogenated alkanes) is 23. The number of carbonyl (C=O) groups excluding carboxylic acids is 2. The first-order valence-corrected chi connectivity index (χ1v) is 26.4. The average molecular weight is 959 g/mol. The van der Waals surface area contributed by atoms with Gasteiger partial charge in [0.15, 0.2) is 18.7 Å². The Morgan fingerprint density at radius 1 is 0.478 bits per heavy atom. The highest BCUT2D eigenvalue weighted by Gasteiger charge is 2.47. The molecule has 15 heteroatoms. The zero-order valence-electron chi connectivity index (χ0n) is 41.4. The van der Waals surface area contributed by atoms with Crippen LogP contribution >= 0.6 is 0 Å². The summed E-state index contributed by atoms with van der Waals surface area (Å²) in [4.78, 5) is 25.8. The van der Waals surface area contributed by atoms with Gasteiger partial charge in [-0.2, -0.15) is 0 Å². The number of rotatable bonds is 41. The molecule has 15 nitrogen and oxygen atoms in total. The third-order valence-electron chi connectivity index (χ3n) is 12.7. The van der Waals surface area contributed by atoms with E-state index in [1.165, 1.54) is 96.3 Å². The summed E-state index contributed by atoms with van der Waals surface area (Å²) >= 11 is 0. The van der Waals surface area contributed by atoms with Crippen LogP contribution < -0.4 is 0 Å². The fourth-order valence-electron chi connectivity index (χ4n) is 8.31. The maximum Gasteiger partial charge on any atom is 0.306 e. The van der Waals surface area contributed by atoms with Crippen molar-refractivity contribution in [3.8, 4) is 0 Å². The predicted molar refractivity (Wildman–Crippen MR) is 257 cm³/mol. The third-order valence-corrected chi connectivity index (χ3v) is 12.7. The molecule has 67 heavy (non-hydrogen) atoms. The Balaban J connectivity index is 1.80. The van der Waals surface area contributed by atoms with Crippen LogP contribution in [0.1, 0.15) is 200 Å². The number of esters is 2. The maximum absolute atomic E-state index is 13.0. The molecule has 2 heterocycles. The van der Waals surface area contributed by atoms with Crippen LogP contribution in [-0.4, -0.2) is 142 Å². The van der Waals surface area contributed by atoms with Gasteiger partial charge in [-0.05, 0) is 44.9 Å². The van der Waals surface area contributed by atoms with Gasteiger partial charge in [0.2, 0.25) is 0 Å².